The average Bonchev–Trinajstić information content (AvgIpc) is 4.06. The Morgan fingerprint density at radius 3 is 2.00 bits per heavy atom. The van der Waals surface area contributed by atoms with Gasteiger partial charge in [-0.05, 0) is 56.4 Å². The van der Waals surface area contributed by atoms with Crippen molar-refractivity contribution < 1.29 is 37.8 Å². The lowest BCUT2D eigenvalue weighted by Gasteiger charge is -2.30. The Bertz CT molecular complexity index is 2090. The third-order valence-electron chi connectivity index (χ3n) is 10.6. The van der Waals surface area contributed by atoms with Crippen LogP contribution < -0.4 is 26.6 Å². The molecule has 17 nitrogen and oxygen atoms in total. The predicted molar refractivity (Wildman–Crippen MR) is 225 cm³/mol. The Morgan fingerprint density at radius 1 is 0.733 bits per heavy atom. The van der Waals surface area contributed by atoms with E-state index in [0.29, 0.717) is 48.7 Å². The SMILES string of the molecule is CC(C)C[C@@H]1NC(=O)CNC(=O)c2csc(n2)C(Cc2ccccc2)NC(=O)c2csc(n2)C2CCCN2C(=O)[C@H](CCS(C)=O)NC(=O)CNC(=O)[C@@H]2CCCN2C1=O. The first-order chi connectivity index (χ1) is 28.8. The minimum absolute atomic E-state index is 0.0103. The van der Waals surface area contributed by atoms with Gasteiger partial charge in [-0.2, -0.15) is 0 Å². The summed E-state index contributed by atoms with van der Waals surface area (Å²) in [6.07, 6.45) is 4.34. The lowest BCUT2D eigenvalue weighted by molar-refractivity contribution is -0.142. The zero-order valence-electron chi connectivity index (χ0n) is 33.8. The number of carbonyl (C=O) groups is 7. The molecule has 2 saturated heterocycles. The van der Waals surface area contributed by atoms with Gasteiger partial charge in [0.05, 0.1) is 25.2 Å². The van der Waals surface area contributed by atoms with E-state index in [0.717, 1.165) is 5.56 Å². The first-order valence-corrected chi connectivity index (χ1v) is 23.6. The average molecular weight is 882 g/mol. The second-order valence-corrected chi connectivity index (χ2v) is 18.9. The van der Waals surface area contributed by atoms with Crippen LogP contribution in [0.25, 0.3) is 0 Å². The van der Waals surface area contributed by atoms with Crippen molar-refractivity contribution in [3.05, 3.63) is 68.1 Å². The largest absolute Gasteiger partial charge is 0.345 e. The van der Waals surface area contributed by atoms with Crippen molar-refractivity contribution in [3.8, 4) is 0 Å². The molecule has 3 aromatic rings. The van der Waals surface area contributed by atoms with Crippen LogP contribution in [0.2, 0.25) is 0 Å². The molecule has 0 saturated carbocycles. The van der Waals surface area contributed by atoms with Crippen LogP contribution >= 0.6 is 22.7 Å². The Kier molecular flexibility index (Phi) is 15.2. The van der Waals surface area contributed by atoms with Crippen molar-refractivity contribution in [3.63, 3.8) is 0 Å². The molecule has 60 heavy (non-hydrogen) atoms. The number of fused-ring (bicyclic) bond motifs is 7. The summed E-state index contributed by atoms with van der Waals surface area (Å²) in [6.45, 7) is 3.53. The first-order valence-electron chi connectivity index (χ1n) is 20.1. The van der Waals surface area contributed by atoms with E-state index in [4.69, 9.17) is 0 Å². The fourth-order valence-corrected chi connectivity index (χ4v) is 9.99. The van der Waals surface area contributed by atoms with E-state index < -0.39 is 95.4 Å². The van der Waals surface area contributed by atoms with Gasteiger partial charge in [-0.3, -0.25) is 37.8 Å². The lowest BCUT2D eigenvalue weighted by atomic mass is 10.0. The predicted octanol–water partition coefficient (Wildman–Crippen LogP) is 1.61. The molecule has 2 fully saturated rings. The molecule has 5 heterocycles. The summed E-state index contributed by atoms with van der Waals surface area (Å²) in [7, 11) is -1.26. The molecule has 322 valence electrons. The summed E-state index contributed by atoms with van der Waals surface area (Å²) in [5.74, 6) is -3.60. The van der Waals surface area contributed by atoms with Crippen LogP contribution in [0.15, 0.2) is 41.1 Å². The molecular weight excluding hydrogens is 831 g/mol. The zero-order chi connectivity index (χ0) is 42.9. The van der Waals surface area contributed by atoms with Crippen LogP contribution in [0.4, 0.5) is 0 Å². The van der Waals surface area contributed by atoms with Crippen LogP contribution in [0.3, 0.4) is 0 Å². The fraction of sp³-hybridized carbons (Fsp3) is 0.525. The maximum Gasteiger partial charge on any atom is 0.271 e. The number of thiazole rings is 2. The summed E-state index contributed by atoms with van der Waals surface area (Å²) in [6, 6.07) is 5.43. The molecule has 6 atom stereocenters. The van der Waals surface area contributed by atoms with E-state index in [9.17, 15) is 37.8 Å². The highest BCUT2D eigenvalue weighted by atomic mass is 32.2. The van der Waals surface area contributed by atoms with Gasteiger partial charge in [0.2, 0.25) is 29.5 Å². The molecule has 4 bridgehead atoms. The Hall–Kier alpha value is -5.08. The van der Waals surface area contributed by atoms with Crippen LogP contribution in [-0.4, -0.2) is 122 Å². The summed E-state index contributed by atoms with van der Waals surface area (Å²) >= 11 is 2.42. The summed E-state index contributed by atoms with van der Waals surface area (Å²) in [5, 5.41) is 17.9. The number of hydrogen-bond acceptors (Lipinski definition) is 12. The second kappa shape index (κ2) is 20.5. The fourth-order valence-electron chi connectivity index (χ4n) is 7.63. The molecule has 0 aliphatic carbocycles. The molecular formula is C40H51N9O8S3. The molecule has 0 radical (unpaired) electrons. The number of nitrogens with zero attached hydrogens (tertiary/aromatic N) is 4. The number of amides is 7. The summed E-state index contributed by atoms with van der Waals surface area (Å²) in [4.78, 5) is 107. The normalized spacial score (nSPS) is 24.5. The highest BCUT2D eigenvalue weighted by Gasteiger charge is 2.39. The molecule has 2 aromatic heterocycles. The van der Waals surface area contributed by atoms with Crippen molar-refractivity contribution in [1.29, 1.82) is 0 Å². The number of hydrogen-bond donors (Lipinski definition) is 5. The van der Waals surface area contributed by atoms with Gasteiger partial charge in [-0.15, -0.1) is 22.7 Å². The zero-order valence-corrected chi connectivity index (χ0v) is 36.2. The Labute approximate surface area is 358 Å². The number of nitrogens with one attached hydrogen (secondary N) is 5. The second-order valence-electron chi connectivity index (χ2n) is 15.6. The molecule has 3 aliphatic heterocycles. The van der Waals surface area contributed by atoms with Crippen LogP contribution in [0, 0.1) is 5.92 Å². The quantitative estimate of drug-likeness (QED) is 0.230. The molecule has 3 unspecified atom stereocenters. The molecule has 20 heteroatoms. The van der Waals surface area contributed by atoms with E-state index in [1.54, 1.807) is 15.7 Å². The minimum atomic E-state index is -1.26. The molecule has 1 aromatic carbocycles. The lowest BCUT2D eigenvalue weighted by Crippen LogP contribution is -2.56. The first kappa shape index (κ1) is 44.5. The van der Waals surface area contributed by atoms with Crippen molar-refractivity contribution >= 4 is 74.8 Å². The van der Waals surface area contributed by atoms with Crippen molar-refractivity contribution in [1.82, 2.24) is 46.4 Å². The molecule has 6 rings (SSSR count). The molecule has 3 aliphatic rings. The minimum Gasteiger partial charge on any atom is -0.345 e. The van der Waals surface area contributed by atoms with Crippen LogP contribution in [-0.2, 0) is 41.2 Å². The van der Waals surface area contributed by atoms with Gasteiger partial charge in [0, 0.05) is 46.7 Å². The highest BCUT2D eigenvalue weighted by molar-refractivity contribution is 7.84. The van der Waals surface area contributed by atoms with E-state index >= 15 is 0 Å². The van der Waals surface area contributed by atoms with E-state index in [-0.39, 0.29) is 42.4 Å². The molecule has 0 spiro atoms. The van der Waals surface area contributed by atoms with Crippen molar-refractivity contribution in [2.24, 2.45) is 5.92 Å². The monoisotopic (exact) mass is 881 g/mol. The highest BCUT2D eigenvalue weighted by Crippen LogP contribution is 2.35. The standard InChI is InChI=1S/C40H51N9O8S3/c1-23(2)17-27-40(56)48-14-7-11-30(48)36(54)42-20-32(50)43-25(13-16-60(3)57)39(55)49-15-8-12-31(49)38-47-29(22-59-38)35(53)45-26(18-24-9-5-4-6-10-24)37-46-28(21-58-37)34(52)41-19-33(51)44-27/h4-6,9-10,21-23,25-27,30-31H,7-8,11-20H2,1-3H3,(H,41,52)(H,42,54)(H,43,50)(H,44,51)(H,45,53)/t25-,26?,27-,30-,31?,60?/m0/s1. The van der Waals surface area contributed by atoms with Crippen molar-refractivity contribution in [2.45, 2.75) is 89.0 Å². The van der Waals surface area contributed by atoms with Crippen LogP contribution in [0.5, 0.6) is 0 Å². The van der Waals surface area contributed by atoms with Gasteiger partial charge >= 0.3 is 0 Å². The van der Waals surface area contributed by atoms with Gasteiger partial charge in [0.1, 0.15) is 39.5 Å². The van der Waals surface area contributed by atoms with Crippen LogP contribution in [0.1, 0.15) is 101 Å². The smallest absolute Gasteiger partial charge is 0.271 e. The van der Waals surface area contributed by atoms with Gasteiger partial charge in [0.15, 0.2) is 0 Å². The van der Waals surface area contributed by atoms with E-state index in [2.05, 4.69) is 36.6 Å². The Balaban J connectivity index is 1.30. The topological polar surface area (TPSA) is 229 Å². The number of carbonyl (C=O) groups excluding carboxylic acids is 7. The third-order valence-corrected chi connectivity index (χ3v) is 13.3. The number of aromatic nitrogens is 2. The van der Waals surface area contributed by atoms with Gasteiger partial charge in [-0.1, -0.05) is 44.2 Å². The maximum absolute atomic E-state index is 14.1. The van der Waals surface area contributed by atoms with Crippen molar-refractivity contribution in [2.75, 3.05) is 38.2 Å². The summed E-state index contributed by atoms with van der Waals surface area (Å²) < 4.78 is 12.1. The maximum atomic E-state index is 14.1. The molecule has 5 N–H and O–H groups in total. The van der Waals surface area contributed by atoms with E-state index in [1.807, 2.05) is 44.2 Å². The number of rotatable bonds is 7. The van der Waals surface area contributed by atoms with Gasteiger partial charge in [-0.25, -0.2) is 9.97 Å². The van der Waals surface area contributed by atoms with Gasteiger partial charge < -0.3 is 36.4 Å². The molecule has 7 amide bonds. The number of benzene rings is 1. The Morgan fingerprint density at radius 2 is 1.32 bits per heavy atom. The summed E-state index contributed by atoms with van der Waals surface area (Å²) in [5.41, 5.74) is 1.10. The van der Waals surface area contributed by atoms with Gasteiger partial charge in [0.25, 0.3) is 11.8 Å². The third kappa shape index (κ3) is 11.4. The van der Waals surface area contributed by atoms with E-state index in [1.165, 1.54) is 33.8 Å².